The molecule has 2 heterocycles. The van der Waals surface area contributed by atoms with E-state index < -0.39 is 17.8 Å². The van der Waals surface area contributed by atoms with Crippen LogP contribution in [0.1, 0.15) is 37.0 Å². The molecule has 2 amide bonds. The summed E-state index contributed by atoms with van der Waals surface area (Å²) in [6.07, 6.45) is 0. The van der Waals surface area contributed by atoms with Crippen molar-refractivity contribution in [2.24, 2.45) is 0 Å². The Labute approximate surface area is 146 Å². The van der Waals surface area contributed by atoms with E-state index in [4.69, 9.17) is 9.36 Å². The van der Waals surface area contributed by atoms with E-state index in [0.29, 0.717) is 22.3 Å². The average molecular weight is 349 g/mol. The Hall–Kier alpha value is -3.81. The van der Waals surface area contributed by atoms with Crippen LogP contribution in [0.25, 0.3) is 11.4 Å². The summed E-state index contributed by atoms with van der Waals surface area (Å²) in [5, 5.41) is 4.25. The van der Waals surface area contributed by atoms with E-state index >= 15 is 0 Å². The van der Waals surface area contributed by atoms with E-state index in [1.165, 1.54) is 24.3 Å². The topological polar surface area (TPSA) is 103 Å². The van der Waals surface area contributed by atoms with Crippen molar-refractivity contribution in [3.8, 4) is 11.4 Å². The SMILES string of the molecule is Cc1nc(-c2cccc(C(=O)ON3C(=O)c4ccccc4C3=O)c2)no1. The Morgan fingerprint density at radius 2 is 1.73 bits per heavy atom. The standard InChI is InChI=1S/C18H11N3O5/c1-10-19-15(20-25-10)11-5-4-6-12(9-11)18(24)26-21-16(22)13-7-2-3-8-14(13)17(21)23/h2-9H,1H3. The lowest BCUT2D eigenvalue weighted by Crippen LogP contribution is -2.32. The van der Waals surface area contributed by atoms with Gasteiger partial charge in [0.15, 0.2) is 0 Å². The third-order valence-corrected chi connectivity index (χ3v) is 3.82. The molecule has 8 heteroatoms. The molecule has 0 bridgehead atoms. The highest BCUT2D eigenvalue weighted by Gasteiger charge is 2.38. The second kappa shape index (κ2) is 5.92. The lowest BCUT2D eigenvalue weighted by atomic mass is 10.1. The number of carbonyl (C=O) groups excluding carboxylic acids is 3. The van der Waals surface area contributed by atoms with Crippen LogP contribution in [0.4, 0.5) is 0 Å². The van der Waals surface area contributed by atoms with E-state index in [0.717, 1.165) is 0 Å². The van der Waals surface area contributed by atoms with E-state index in [2.05, 4.69) is 10.1 Å². The van der Waals surface area contributed by atoms with Crippen LogP contribution in [0.15, 0.2) is 53.1 Å². The summed E-state index contributed by atoms with van der Waals surface area (Å²) in [7, 11) is 0. The zero-order valence-electron chi connectivity index (χ0n) is 13.5. The Bertz CT molecular complexity index is 1020. The maximum atomic E-state index is 12.4. The first-order chi connectivity index (χ1) is 12.5. The molecule has 0 spiro atoms. The highest BCUT2D eigenvalue weighted by Crippen LogP contribution is 2.24. The first kappa shape index (κ1) is 15.7. The Balaban J connectivity index is 1.58. The summed E-state index contributed by atoms with van der Waals surface area (Å²) in [5.41, 5.74) is 1.07. The fourth-order valence-corrected chi connectivity index (χ4v) is 2.59. The first-order valence-corrected chi connectivity index (χ1v) is 7.65. The van der Waals surface area contributed by atoms with Gasteiger partial charge in [-0.1, -0.05) is 34.5 Å². The molecule has 0 atom stereocenters. The monoisotopic (exact) mass is 349 g/mol. The molecule has 1 aromatic heterocycles. The molecule has 128 valence electrons. The number of aryl methyl sites for hydroxylation is 1. The molecule has 0 radical (unpaired) electrons. The van der Waals surface area contributed by atoms with E-state index in [-0.39, 0.29) is 16.7 Å². The molecule has 1 aliphatic heterocycles. The number of amides is 2. The fraction of sp³-hybridized carbons (Fsp3) is 0.0556. The van der Waals surface area contributed by atoms with Crippen LogP contribution in [0.5, 0.6) is 0 Å². The Morgan fingerprint density at radius 1 is 1.04 bits per heavy atom. The van der Waals surface area contributed by atoms with Crippen LogP contribution in [0.3, 0.4) is 0 Å². The normalized spacial score (nSPS) is 13.0. The van der Waals surface area contributed by atoms with Gasteiger partial charge in [-0.3, -0.25) is 9.59 Å². The number of rotatable bonds is 3. The molecule has 26 heavy (non-hydrogen) atoms. The third kappa shape index (κ3) is 2.53. The van der Waals surface area contributed by atoms with Crippen LogP contribution in [0.2, 0.25) is 0 Å². The molecule has 2 aromatic carbocycles. The van der Waals surface area contributed by atoms with Crippen LogP contribution in [0, 0.1) is 6.92 Å². The molecule has 0 unspecified atom stereocenters. The summed E-state index contributed by atoms with van der Waals surface area (Å²) in [5.74, 6) is -1.49. The summed E-state index contributed by atoms with van der Waals surface area (Å²) in [6.45, 7) is 1.65. The molecular weight excluding hydrogens is 338 g/mol. The zero-order valence-corrected chi connectivity index (χ0v) is 13.5. The Morgan fingerprint density at radius 3 is 2.35 bits per heavy atom. The van der Waals surface area contributed by atoms with Crippen molar-refractivity contribution in [1.82, 2.24) is 15.2 Å². The number of carbonyl (C=O) groups is 3. The number of hydrogen-bond acceptors (Lipinski definition) is 7. The largest absolute Gasteiger partial charge is 0.363 e. The van der Waals surface area contributed by atoms with Gasteiger partial charge in [-0.05, 0) is 24.3 Å². The van der Waals surface area contributed by atoms with E-state index in [1.54, 1.807) is 31.2 Å². The van der Waals surface area contributed by atoms with Gasteiger partial charge >= 0.3 is 5.97 Å². The minimum Gasteiger partial charge on any atom is -0.339 e. The van der Waals surface area contributed by atoms with Gasteiger partial charge in [0.05, 0.1) is 16.7 Å². The van der Waals surface area contributed by atoms with Gasteiger partial charge < -0.3 is 9.36 Å². The van der Waals surface area contributed by atoms with Crippen molar-refractivity contribution in [2.45, 2.75) is 6.92 Å². The molecule has 8 nitrogen and oxygen atoms in total. The summed E-state index contributed by atoms with van der Waals surface area (Å²) in [4.78, 5) is 46.0. The minimum atomic E-state index is -0.846. The van der Waals surface area contributed by atoms with Crippen molar-refractivity contribution in [2.75, 3.05) is 0 Å². The van der Waals surface area contributed by atoms with Gasteiger partial charge in [0.1, 0.15) is 0 Å². The number of imide groups is 1. The average Bonchev–Trinajstić information content (AvgIpc) is 3.20. The van der Waals surface area contributed by atoms with Gasteiger partial charge in [0, 0.05) is 12.5 Å². The van der Waals surface area contributed by atoms with E-state index in [1.807, 2.05) is 0 Å². The van der Waals surface area contributed by atoms with Crippen molar-refractivity contribution >= 4 is 17.8 Å². The van der Waals surface area contributed by atoms with Gasteiger partial charge in [-0.25, -0.2) is 4.79 Å². The van der Waals surface area contributed by atoms with Crippen molar-refractivity contribution < 1.29 is 23.7 Å². The predicted molar refractivity (Wildman–Crippen MR) is 86.8 cm³/mol. The summed E-state index contributed by atoms with van der Waals surface area (Å²) < 4.78 is 4.92. The smallest absolute Gasteiger partial charge is 0.339 e. The van der Waals surface area contributed by atoms with Crippen molar-refractivity contribution in [1.29, 1.82) is 0 Å². The molecule has 0 saturated carbocycles. The molecule has 0 aliphatic carbocycles. The van der Waals surface area contributed by atoms with Crippen LogP contribution in [-0.2, 0) is 4.84 Å². The second-order valence-electron chi connectivity index (χ2n) is 5.55. The molecule has 1 aliphatic rings. The van der Waals surface area contributed by atoms with Gasteiger partial charge in [-0.15, -0.1) is 0 Å². The maximum Gasteiger partial charge on any atom is 0.363 e. The maximum absolute atomic E-state index is 12.4. The summed E-state index contributed by atoms with van der Waals surface area (Å²) >= 11 is 0. The third-order valence-electron chi connectivity index (χ3n) is 3.82. The molecule has 0 fully saturated rings. The number of hydroxylamine groups is 2. The second-order valence-corrected chi connectivity index (χ2v) is 5.55. The molecule has 4 rings (SSSR count). The quantitative estimate of drug-likeness (QED) is 0.669. The predicted octanol–water partition coefficient (Wildman–Crippen LogP) is 2.41. The van der Waals surface area contributed by atoms with Crippen molar-refractivity contribution in [3.05, 3.63) is 71.1 Å². The lowest BCUT2D eigenvalue weighted by Gasteiger charge is -2.12. The molecule has 0 N–H and O–H groups in total. The lowest BCUT2D eigenvalue weighted by molar-refractivity contribution is -0.0584. The molecule has 3 aromatic rings. The summed E-state index contributed by atoms with van der Waals surface area (Å²) in [6, 6.07) is 12.6. The molecular formula is C18H11N3O5. The zero-order chi connectivity index (χ0) is 18.3. The van der Waals surface area contributed by atoms with Crippen molar-refractivity contribution in [3.63, 3.8) is 0 Å². The van der Waals surface area contributed by atoms with Crippen LogP contribution in [-0.4, -0.2) is 33.0 Å². The van der Waals surface area contributed by atoms with E-state index in [9.17, 15) is 14.4 Å². The number of aromatic nitrogens is 2. The Kier molecular flexibility index (Phi) is 3.58. The van der Waals surface area contributed by atoms with Gasteiger partial charge in [0.2, 0.25) is 11.7 Å². The molecule has 0 saturated heterocycles. The fourth-order valence-electron chi connectivity index (χ4n) is 2.59. The number of hydrogen-bond donors (Lipinski definition) is 0. The number of fused-ring (bicyclic) bond motifs is 1. The van der Waals surface area contributed by atoms with Crippen LogP contribution < -0.4 is 0 Å². The highest BCUT2D eigenvalue weighted by molar-refractivity contribution is 6.21. The minimum absolute atomic E-state index is 0.140. The van der Waals surface area contributed by atoms with Gasteiger partial charge in [0.25, 0.3) is 11.8 Å². The number of nitrogens with zero attached hydrogens (tertiary/aromatic N) is 3. The van der Waals surface area contributed by atoms with Crippen LogP contribution >= 0.6 is 0 Å². The first-order valence-electron chi connectivity index (χ1n) is 7.65. The number of benzene rings is 2. The highest BCUT2D eigenvalue weighted by atomic mass is 16.7. The van der Waals surface area contributed by atoms with Gasteiger partial charge in [-0.2, -0.15) is 4.98 Å².